The van der Waals surface area contributed by atoms with E-state index >= 15 is 0 Å². The van der Waals surface area contributed by atoms with E-state index in [2.05, 4.69) is 73.5 Å². The van der Waals surface area contributed by atoms with Gasteiger partial charge in [0.1, 0.15) is 0 Å². The average Bonchev–Trinajstić information content (AvgIpc) is 2.48. The van der Waals surface area contributed by atoms with Gasteiger partial charge in [-0.1, -0.05) is 18.2 Å². The van der Waals surface area contributed by atoms with E-state index in [0.717, 1.165) is 5.69 Å². The number of pyridine rings is 1. The van der Waals surface area contributed by atoms with Crippen LogP contribution in [0.1, 0.15) is 37.2 Å². The lowest BCUT2D eigenvalue weighted by molar-refractivity contribution is 0.486. The number of nitrogens with zero attached hydrogens (tertiary/aromatic N) is 2. The molecule has 1 aromatic heterocycles. The fraction of sp³-hybridized carbons (Fsp3) is 0.353. The first-order valence-electron chi connectivity index (χ1n) is 7.02. The lowest BCUT2D eigenvalue weighted by Gasteiger charge is -2.21. The van der Waals surface area contributed by atoms with E-state index in [4.69, 9.17) is 0 Å². The number of rotatable bonds is 5. The highest BCUT2D eigenvalue weighted by atomic mass is 15.1. The van der Waals surface area contributed by atoms with Crippen LogP contribution in [-0.4, -0.2) is 19.1 Å². The molecule has 0 fully saturated rings. The zero-order valence-electron chi connectivity index (χ0n) is 12.7. The molecule has 1 N–H and O–H groups in total. The third kappa shape index (κ3) is 3.58. The average molecular weight is 269 g/mol. The van der Waals surface area contributed by atoms with Gasteiger partial charge in [-0.15, -0.1) is 0 Å². The molecule has 2 rings (SSSR count). The number of aromatic nitrogens is 1. The van der Waals surface area contributed by atoms with Crippen molar-refractivity contribution in [3.8, 4) is 0 Å². The number of nitrogens with one attached hydrogen (secondary N) is 1. The summed E-state index contributed by atoms with van der Waals surface area (Å²) in [5.74, 6) is 0. The Balaban J connectivity index is 2.02. The van der Waals surface area contributed by atoms with E-state index in [1.54, 1.807) is 0 Å². The van der Waals surface area contributed by atoms with Gasteiger partial charge >= 0.3 is 0 Å². The summed E-state index contributed by atoms with van der Waals surface area (Å²) in [7, 11) is 4.11. The van der Waals surface area contributed by atoms with E-state index in [9.17, 15) is 0 Å². The number of hydrogen-bond acceptors (Lipinski definition) is 3. The standard InChI is InChI=1S/C17H23N3/c1-13(15-8-10-16(11-9-15)20(3)4)19-14(2)17-7-5-6-12-18-17/h5-14,19H,1-4H3/t13?,14-/m0/s1. The molecule has 1 aromatic carbocycles. The molecule has 0 amide bonds. The fourth-order valence-electron chi connectivity index (χ4n) is 2.25. The van der Waals surface area contributed by atoms with Crippen molar-refractivity contribution in [2.45, 2.75) is 25.9 Å². The quantitative estimate of drug-likeness (QED) is 0.899. The van der Waals surface area contributed by atoms with Gasteiger partial charge in [0, 0.05) is 38.1 Å². The Morgan fingerprint density at radius 2 is 1.65 bits per heavy atom. The number of hydrogen-bond donors (Lipinski definition) is 1. The van der Waals surface area contributed by atoms with Gasteiger partial charge in [-0.25, -0.2) is 0 Å². The third-order valence-corrected chi connectivity index (χ3v) is 3.54. The first-order chi connectivity index (χ1) is 9.58. The molecule has 0 radical (unpaired) electrons. The minimum absolute atomic E-state index is 0.236. The molecule has 20 heavy (non-hydrogen) atoms. The van der Waals surface area contributed by atoms with Gasteiger partial charge in [0.05, 0.1) is 5.69 Å². The first kappa shape index (κ1) is 14.5. The Morgan fingerprint density at radius 1 is 0.950 bits per heavy atom. The summed E-state index contributed by atoms with van der Waals surface area (Å²) < 4.78 is 0. The van der Waals surface area contributed by atoms with Crippen molar-refractivity contribution in [3.05, 3.63) is 59.9 Å². The molecule has 0 aliphatic rings. The molecule has 0 aliphatic carbocycles. The van der Waals surface area contributed by atoms with Crippen molar-refractivity contribution < 1.29 is 0 Å². The molecular formula is C17H23N3. The van der Waals surface area contributed by atoms with Crippen LogP contribution in [0.5, 0.6) is 0 Å². The Labute approximate surface area is 121 Å². The molecule has 2 atom stereocenters. The summed E-state index contributed by atoms with van der Waals surface area (Å²) in [5.41, 5.74) is 3.58. The molecule has 1 heterocycles. The van der Waals surface area contributed by atoms with Crippen molar-refractivity contribution in [1.29, 1.82) is 0 Å². The van der Waals surface area contributed by atoms with Gasteiger partial charge < -0.3 is 10.2 Å². The summed E-state index contributed by atoms with van der Waals surface area (Å²) in [6.07, 6.45) is 1.84. The molecule has 0 spiro atoms. The largest absolute Gasteiger partial charge is 0.378 e. The van der Waals surface area contributed by atoms with Crippen LogP contribution in [0, 0.1) is 0 Å². The lowest BCUT2D eigenvalue weighted by Crippen LogP contribution is -2.23. The normalized spacial score (nSPS) is 13.8. The van der Waals surface area contributed by atoms with Crippen molar-refractivity contribution in [3.63, 3.8) is 0 Å². The van der Waals surface area contributed by atoms with E-state index in [-0.39, 0.29) is 6.04 Å². The van der Waals surface area contributed by atoms with E-state index in [1.807, 2.05) is 18.3 Å². The minimum atomic E-state index is 0.236. The van der Waals surface area contributed by atoms with Crippen molar-refractivity contribution >= 4 is 5.69 Å². The van der Waals surface area contributed by atoms with Crippen LogP contribution in [-0.2, 0) is 0 Å². The summed E-state index contributed by atoms with van der Waals surface area (Å²) in [5, 5.41) is 3.58. The summed E-state index contributed by atoms with van der Waals surface area (Å²) in [4.78, 5) is 6.50. The third-order valence-electron chi connectivity index (χ3n) is 3.54. The van der Waals surface area contributed by atoms with Crippen LogP contribution in [0.15, 0.2) is 48.7 Å². The second-order valence-corrected chi connectivity index (χ2v) is 5.35. The maximum Gasteiger partial charge on any atom is 0.0570 e. The van der Waals surface area contributed by atoms with Gasteiger partial charge in [-0.2, -0.15) is 0 Å². The fourth-order valence-corrected chi connectivity index (χ4v) is 2.25. The van der Waals surface area contributed by atoms with Crippen molar-refractivity contribution in [2.75, 3.05) is 19.0 Å². The lowest BCUT2D eigenvalue weighted by atomic mass is 10.1. The first-order valence-corrected chi connectivity index (χ1v) is 7.02. The van der Waals surface area contributed by atoms with Gasteiger partial charge in [0.2, 0.25) is 0 Å². The van der Waals surface area contributed by atoms with E-state index < -0.39 is 0 Å². The Hall–Kier alpha value is -1.87. The number of anilines is 1. The van der Waals surface area contributed by atoms with Crippen LogP contribution in [0.25, 0.3) is 0 Å². The van der Waals surface area contributed by atoms with Crippen LogP contribution in [0.3, 0.4) is 0 Å². The van der Waals surface area contributed by atoms with Gasteiger partial charge in [-0.3, -0.25) is 4.98 Å². The maximum absolute atomic E-state index is 4.39. The van der Waals surface area contributed by atoms with Gasteiger partial charge in [0.15, 0.2) is 0 Å². The number of benzene rings is 1. The molecule has 3 nitrogen and oxygen atoms in total. The minimum Gasteiger partial charge on any atom is -0.378 e. The zero-order valence-corrected chi connectivity index (χ0v) is 12.7. The van der Waals surface area contributed by atoms with Gasteiger partial charge in [-0.05, 0) is 43.7 Å². The van der Waals surface area contributed by atoms with Crippen LogP contribution in [0.4, 0.5) is 5.69 Å². The smallest absolute Gasteiger partial charge is 0.0570 e. The van der Waals surface area contributed by atoms with E-state index in [1.165, 1.54) is 11.3 Å². The SMILES string of the molecule is CC(N[C@@H](C)c1ccccn1)c1ccc(N(C)C)cc1. The molecule has 0 aliphatic heterocycles. The topological polar surface area (TPSA) is 28.2 Å². The Bertz CT molecular complexity index is 520. The van der Waals surface area contributed by atoms with Crippen LogP contribution in [0.2, 0.25) is 0 Å². The molecule has 0 saturated carbocycles. The van der Waals surface area contributed by atoms with E-state index in [0.29, 0.717) is 6.04 Å². The van der Waals surface area contributed by atoms with Crippen LogP contribution < -0.4 is 10.2 Å². The molecule has 106 valence electrons. The molecule has 1 unspecified atom stereocenters. The van der Waals surface area contributed by atoms with Crippen molar-refractivity contribution in [2.24, 2.45) is 0 Å². The molecule has 2 aromatic rings. The summed E-state index contributed by atoms with van der Waals surface area (Å²) in [6.45, 7) is 4.33. The Morgan fingerprint density at radius 3 is 2.20 bits per heavy atom. The molecule has 3 heteroatoms. The second-order valence-electron chi connectivity index (χ2n) is 5.35. The monoisotopic (exact) mass is 269 g/mol. The van der Waals surface area contributed by atoms with Crippen molar-refractivity contribution in [1.82, 2.24) is 10.3 Å². The summed E-state index contributed by atoms with van der Waals surface area (Å²) in [6, 6.07) is 15.2. The highest BCUT2D eigenvalue weighted by Crippen LogP contribution is 2.20. The highest BCUT2D eigenvalue weighted by Gasteiger charge is 2.11. The predicted octanol–water partition coefficient (Wildman–Crippen LogP) is 3.56. The second kappa shape index (κ2) is 6.53. The zero-order chi connectivity index (χ0) is 14.5. The molecular weight excluding hydrogens is 246 g/mol. The predicted molar refractivity (Wildman–Crippen MR) is 85.0 cm³/mol. The Kier molecular flexibility index (Phi) is 4.74. The highest BCUT2D eigenvalue weighted by molar-refractivity contribution is 5.46. The summed E-state index contributed by atoms with van der Waals surface area (Å²) >= 11 is 0. The van der Waals surface area contributed by atoms with Crippen LogP contribution >= 0.6 is 0 Å². The molecule has 0 bridgehead atoms. The van der Waals surface area contributed by atoms with Gasteiger partial charge in [0.25, 0.3) is 0 Å². The molecule has 0 saturated heterocycles. The maximum atomic E-state index is 4.39.